The van der Waals surface area contributed by atoms with Crippen LogP contribution in [0.2, 0.25) is 0 Å². The van der Waals surface area contributed by atoms with E-state index in [0.29, 0.717) is 6.54 Å². The van der Waals surface area contributed by atoms with E-state index in [9.17, 15) is 18.7 Å². The molecule has 7 heteroatoms. The highest BCUT2D eigenvalue weighted by molar-refractivity contribution is 5.92. The number of carbonyl (C=O) groups is 1. The Morgan fingerprint density at radius 3 is 2.95 bits per heavy atom. The number of ether oxygens (including phenoxy) is 1. The zero-order valence-corrected chi connectivity index (χ0v) is 12.2. The van der Waals surface area contributed by atoms with Gasteiger partial charge in [0, 0.05) is 24.7 Å². The smallest absolute Gasteiger partial charge is 0.272 e. The zero-order chi connectivity index (χ0) is 15.9. The van der Waals surface area contributed by atoms with Crippen molar-refractivity contribution in [1.82, 2.24) is 10.3 Å². The third-order valence-corrected chi connectivity index (χ3v) is 3.73. The predicted octanol–water partition coefficient (Wildman–Crippen LogP) is 2.01. The number of amides is 1. The highest BCUT2D eigenvalue weighted by atomic mass is 19.3. The summed E-state index contributed by atoms with van der Waals surface area (Å²) in [5, 5.41) is 12.6. The van der Waals surface area contributed by atoms with Gasteiger partial charge in [0.05, 0.1) is 6.10 Å². The van der Waals surface area contributed by atoms with Gasteiger partial charge in [0.1, 0.15) is 18.1 Å². The zero-order valence-electron chi connectivity index (χ0n) is 12.2. The number of nitrogens with one attached hydrogen (secondary N) is 1. The minimum absolute atomic E-state index is 0.0518. The summed E-state index contributed by atoms with van der Waals surface area (Å²) >= 11 is 0. The van der Waals surface area contributed by atoms with Crippen molar-refractivity contribution in [2.75, 3.05) is 13.2 Å². The molecule has 0 spiro atoms. The van der Waals surface area contributed by atoms with Gasteiger partial charge in [-0.25, -0.2) is 8.78 Å². The molecule has 1 aromatic heterocycles. The third kappa shape index (κ3) is 4.91. The largest absolute Gasteiger partial charge is 0.488 e. The summed E-state index contributed by atoms with van der Waals surface area (Å²) < 4.78 is 29.1. The fourth-order valence-corrected chi connectivity index (χ4v) is 2.52. The van der Waals surface area contributed by atoms with Crippen LogP contribution in [0.3, 0.4) is 0 Å². The van der Waals surface area contributed by atoms with E-state index in [4.69, 9.17) is 4.74 Å². The maximum absolute atomic E-state index is 12.1. The number of rotatable bonds is 6. The monoisotopic (exact) mass is 314 g/mol. The molecular formula is C15H20F2N2O3. The van der Waals surface area contributed by atoms with Crippen molar-refractivity contribution >= 4 is 5.91 Å². The Balaban J connectivity index is 1.87. The molecule has 0 aromatic carbocycles. The molecule has 0 aliphatic heterocycles. The number of nitrogens with zero attached hydrogens (tertiary/aromatic N) is 1. The van der Waals surface area contributed by atoms with E-state index >= 15 is 0 Å². The maximum atomic E-state index is 12.1. The Bertz CT molecular complexity index is 499. The van der Waals surface area contributed by atoms with Gasteiger partial charge in [-0.2, -0.15) is 0 Å². The number of halogens is 2. The number of aromatic nitrogens is 1. The van der Waals surface area contributed by atoms with E-state index in [1.807, 2.05) is 0 Å². The molecule has 1 saturated carbocycles. The molecule has 0 radical (unpaired) electrons. The Hall–Kier alpha value is -1.76. The average Bonchev–Trinajstić information content (AvgIpc) is 2.52. The summed E-state index contributed by atoms with van der Waals surface area (Å²) in [6.45, 7) is -0.344. The van der Waals surface area contributed by atoms with Crippen molar-refractivity contribution in [1.29, 1.82) is 0 Å². The van der Waals surface area contributed by atoms with Crippen LogP contribution in [0, 0.1) is 5.92 Å². The van der Waals surface area contributed by atoms with Gasteiger partial charge in [-0.1, -0.05) is 12.8 Å². The first-order valence-electron chi connectivity index (χ1n) is 7.39. The van der Waals surface area contributed by atoms with Gasteiger partial charge in [0.25, 0.3) is 12.3 Å². The lowest BCUT2D eigenvalue weighted by atomic mass is 9.86. The second-order valence-electron chi connectivity index (χ2n) is 5.40. The highest BCUT2D eigenvalue weighted by Crippen LogP contribution is 2.23. The van der Waals surface area contributed by atoms with E-state index in [0.717, 1.165) is 25.7 Å². The Labute approximate surface area is 127 Å². The minimum Gasteiger partial charge on any atom is -0.488 e. The number of aliphatic hydroxyl groups is 1. The van der Waals surface area contributed by atoms with Crippen LogP contribution in [0.25, 0.3) is 0 Å². The fraction of sp³-hybridized carbons (Fsp3) is 0.600. The van der Waals surface area contributed by atoms with Gasteiger partial charge in [-0.3, -0.25) is 9.78 Å². The fourth-order valence-electron chi connectivity index (χ4n) is 2.52. The van der Waals surface area contributed by atoms with Gasteiger partial charge >= 0.3 is 0 Å². The molecular weight excluding hydrogens is 294 g/mol. The van der Waals surface area contributed by atoms with Gasteiger partial charge in [-0.05, 0) is 18.9 Å². The molecule has 1 fully saturated rings. The van der Waals surface area contributed by atoms with Crippen LogP contribution in [-0.2, 0) is 0 Å². The SMILES string of the molecule is O=C(NCC1CCCCC1O)c1cc(OCC(F)F)ccn1. The number of hydrogen-bond acceptors (Lipinski definition) is 4. The van der Waals surface area contributed by atoms with Gasteiger partial charge in [-0.15, -0.1) is 0 Å². The standard InChI is InChI=1S/C15H20F2N2O3/c16-14(17)9-22-11-5-6-18-12(7-11)15(21)19-8-10-3-1-2-4-13(10)20/h5-7,10,13-14,20H,1-4,8-9H2,(H,19,21). The van der Waals surface area contributed by atoms with Crippen molar-refractivity contribution < 1.29 is 23.4 Å². The molecule has 2 atom stereocenters. The van der Waals surface area contributed by atoms with Crippen molar-refractivity contribution in [2.45, 2.75) is 38.2 Å². The first-order valence-corrected chi connectivity index (χ1v) is 7.39. The van der Waals surface area contributed by atoms with Crippen LogP contribution in [0.5, 0.6) is 5.75 Å². The summed E-state index contributed by atoms with van der Waals surface area (Å²) in [7, 11) is 0. The molecule has 1 heterocycles. The van der Waals surface area contributed by atoms with Crippen molar-refractivity contribution in [3.8, 4) is 5.75 Å². The summed E-state index contributed by atoms with van der Waals surface area (Å²) in [4.78, 5) is 15.9. The molecule has 1 aliphatic rings. The number of carbonyl (C=O) groups excluding carboxylic acids is 1. The molecule has 1 amide bonds. The van der Waals surface area contributed by atoms with Gasteiger partial charge in [0.2, 0.25) is 0 Å². The quantitative estimate of drug-likeness (QED) is 0.842. The maximum Gasteiger partial charge on any atom is 0.272 e. The number of alkyl halides is 2. The lowest BCUT2D eigenvalue weighted by Crippen LogP contribution is -2.36. The predicted molar refractivity (Wildman–Crippen MR) is 76.0 cm³/mol. The van der Waals surface area contributed by atoms with E-state index in [-0.39, 0.29) is 23.5 Å². The van der Waals surface area contributed by atoms with Crippen molar-refractivity contribution in [3.63, 3.8) is 0 Å². The van der Waals surface area contributed by atoms with Crippen LogP contribution in [0.15, 0.2) is 18.3 Å². The second kappa shape index (κ2) is 8.03. The van der Waals surface area contributed by atoms with E-state index in [1.165, 1.54) is 18.3 Å². The topological polar surface area (TPSA) is 71.5 Å². The molecule has 22 heavy (non-hydrogen) atoms. The summed E-state index contributed by atoms with van der Waals surface area (Å²) in [6, 6.07) is 2.75. The normalized spacial score (nSPS) is 21.6. The summed E-state index contributed by atoms with van der Waals surface area (Å²) in [5.74, 6) is -0.172. The van der Waals surface area contributed by atoms with Crippen molar-refractivity contribution in [3.05, 3.63) is 24.0 Å². The van der Waals surface area contributed by atoms with E-state index in [2.05, 4.69) is 10.3 Å². The Kier molecular flexibility index (Phi) is 6.06. The molecule has 5 nitrogen and oxygen atoms in total. The van der Waals surface area contributed by atoms with Gasteiger partial charge < -0.3 is 15.2 Å². The van der Waals surface area contributed by atoms with Crippen LogP contribution < -0.4 is 10.1 Å². The molecule has 0 bridgehead atoms. The Morgan fingerprint density at radius 1 is 1.45 bits per heavy atom. The van der Waals surface area contributed by atoms with E-state index < -0.39 is 18.9 Å². The average molecular weight is 314 g/mol. The number of aliphatic hydroxyl groups excluding tert-OH is 1. The summed E-state index contributed by atoms with van der Waals surface area (Å²) in [6.07, 6.45) is 2.08. The molecule has 122 valence electrons. The number of pyridine rings is 1. The van der Waals surface area contributed by atoms with Crippen molar-refractivity contribution in [2.24, 2.45) is 5.92 Å². The van der Waals surface area contributed by atoms with Crippen LogP contribution >= 0.6 is 0 Å². The van der Waals surface area contributed by atoms with Crippen LogP contribution in [-0.4, -0.2) is 41.7 Å². The number of hydrogen-bond donors (Lipinski definition) is 2. The Morgan fingerprint density at radius 2 is 2.23 bits per heavy atom. The van der Waals surface area contributed by atoms with Crippen LogP contribution in [0.1, 0.15) is 36.2 Å². The first kappa shape index (κ1) is 16.6. The first-order chi connectivity index (χ1) is 10.6. The van der Waals surface area contributed by atoms with Crippen LogP contribution in [0.4, 0.5) is 8.78 Å². The lowest BCUT2D eigenvalue weighted by molar-refractivity contribution is 0.0661. The minimum atomic E-state index is -2.57. The molecule has 2 N–H and O–H groups in total. The molecule has 1 aromatic rings. The molecule has 2 rings (SSSR count). The molecule has 2 unspecified atom stereocenters. The molecule has 1 aliphatic carbocycles. The highest BCUT2D eigenvalue weighted by Gasteiger charge is 2.23. The third-order valence-electron chi connectivity index (χ3n) is 3.73. The second-order valence-corrected chi connectivity index (χ2v) is 5.40. The summed E-state index contributed by atoms with van der Waals surface area (Å²) in [5.41, 5.74) is 0.108. The van der Waals surface area contributed by atoms with Gasteiger partial charge in [0.15, 0.2) is 0 Å². The van der Waals surface area contributed by atoms with E-state index in [1.54, 1.807) is 0 Å². The lowest BCUT2D eigenvalue weighted by Gasteiger charge is -2.27. The molecule has 0 saturated heterocycles.